The van der Waals surface area contributed by atoms with Gasteiger partial charge in [0.05, 0.1) is 6.42 Å². The molecule has 8 nitrogen and oxygen atoms in total. The zero-order valence-electron chi connectivity index (χ0n) is 26.3. The molecular formula is C26H52F8N4O4-4. The van der Waals surface area contributed by atoms with Gasteiger partial charge in [-0.05, 0) is 13.8 Å². The third-order valence-electron chi connectivity index (χ3n) is 4.20. The Balaban J connectivity index is -0.000000236. The summed E-state index contributed by atoms with van der Waals surface area (Å²) in [6, 6.07) is 0. The molecule has 0 bridgehead atoms. The summed E-state index contributed by atoms with van der Waals surface area (Å²) in [6.07, 6.45) is -1.61. The summed E-state index contributed by atoms with van der Waals surface area (Å²) in [7, 11) is 6.13. The van der Waals surface area contributed by atoms with Gasteiger partial charge in [-0.15, -0.1) is 26.2 Å². The quantitative estimate of drug-likeness (QED) is 0.0913. The largest absolute Gasteiger partial charge is 0.661 e. The number of halogens is 8. The number of alkyl halides is 8. The molecule has 0 amide bonds. The minimum Gasteiger partial charge on any atom is -0.661 e. The molecule has 0 N–H and O–H groups in total. The highest BCUT2D eigenvalue weighted by atomic mass is 19.3. The molecule has 0 saturated carbocycles. The average Bonchev–Trinajstić information content (AvgIpc) is 2.87. The number of nitrogens with zero attached hydrogens (tertiary/aromatic N) is 4. The molecule has 0 rings (SSSR count). The van der Waals surface area contributed by atoms with Crippen molar-refractivity contribution in [1.82, 2.24) is 0 Å². The van der Waals surface area contributed by atoms with Crippen molar-refractivity contribution in [2.45, 2.75) is 64.2 Å². The van der Waals surface area contributed by atoms with Gasteiger partial charge in [-0.25, -0.2) is 35.1 Å². The van der Waals surface area contributed by atoms with Crippen LogP contribution in [0.25, 0.3) is 21.3 Å². The van der Waals surface area contributed by atoms with Crippen LogP contribution in [0.5, 0.6) is 0 Å². The minimum absolute atomic E-state index is 0.0986. The van der Waals surface area contributed by atoms with Crippen LogP contribution in [0.3, 0.4) is 0 Å². The summed E-state index contributed by atoms with van der Waals surface area (Å²) in [6.45, 7) is 7.48. The first-order valence-corrected chi connectivity index (χ1v) is 13.4. The SMILES string of the molecule is CCC(F)(F)C[N-]CCOC.CC[N-]CCOC.COCC[N-]CC(C)(F)F.COCC[N-]CC(F)(F)CC(C)(F)F. The van der Waals surface area contributed by atoms with E-state index in [1.807, 2.05) is 6.92 Å². The zero-order chi connectivity index (χ0) is 33.6. The summed E-state index contributed by atoms with van der Waals surface area (Å²) < 4.78 is 117. The second-order valence-corrected chi connectivity index (χ2v) is 8.93. The molecule has 0 saturated heterocycles. The van der Waals surface area contributed by atoms with E-state index in [9.17, 15) is 35.1 Å². The van der Waals surface area contributed by atoms with Crippen LogP contribution in [0.4, 0.5) is 35.1 Å². The maximum atomic E-state index is 12.7. The van der Waals surface area contributed by atoms with Gasteiger partial charge in [0.2, 0.25) is 17.8 Å². The second-order valence-electron chi connectivity index (χ2n) is 8.93. The molecule has 0 aromatic carbocycles. The van der Waals surface area contributed by atoms with Crippen molar-refractivity contribution in [3.63, 3.8) is 0 Å². The highest BCUT2D eigenvalue weighted by molar-refractivity contribution is 4.90. The predicted octanol–water partition coefficient (Wildman–Crippen LogP) is 7.43. The number of hydrogen-bond acceptors (Lipinski definition) is 4. The molecule has 0 aliphatic rings. The van der Waals surface area contributed by atoms with Crippen molar-refractivity contribution in [3.8, 4) is 0 Å². The topological polar surface area (TPSA) is 93.3 Å². The maximum Gasteiger partial charge on any atom is 0.251 e. The number of ether oxygens (including phenoxy) is 4. The zero-order valence-corrected chi connectivity index (χ0v) is 26.3. The standard InChI is InChI=1S/C8H14F4NO.C7H14F2NO.C6H12F2NO.C5H12NO/c1-7(9,10)5-8(11,12)6-13-3-4-14-2;1-3-7(8,9)6-10-4-5-11-2;1-6(7,8)5-9-3-4-10-2;1-3-6-4-5-7-2/h3-6H2,1-2H3;3-6H2,1-2H3;3-5H2,1-2H3;3-5H2,1-2H3/q4*-1. The average molecular weight is 637 g/mol. The summed E-state index contributed by atoms with van der Waals surface area (Å²) in [5.74, 6) is -12.1. The first-order chi connectivity index (χ1) is 19.4. The van der Waals surface area contributed by atoms with Crippen molar-refractivity contribution >= 4 is 0 Å². The fraction of sp³-hybridized carbons (Fsp3) is 1.00. The molecule has 0 heterocycles. The number of rotatable bonds is 22. The monoisotopic (exact) mass is 636 g/mol. The Morgan fingerprint density at radius 1 is 0.476 bits per heavy atom. The number of hydrogen-bond donors (Lipinski definition) is 0. The van der Waals surface area contributed by atoms with Crippen molar-refractivity contribution in [3.05, 3.63) is 21.3 Å². The van der Waals surface area contributed by atoms with E-state index in [4.69, 9.17) is 4.74 Å². The van der Waals surface area contributed by atoms with E-state index < -0.39 is 43.2 Å². The van der Waals surface area contributed by atoms with E-state index in [1.54, 1.807) is 7.11 Å². The molecule has 0 radical (unpaired) electrons. The Hall–Kier alpha value is -0.880. The van der Waals surface area contributed by atoms with Crippen LogP contribution in [0.15, 0.2) is 0 Å². The third kappa shape index (κ3) is 51.8. The van der Waals surface area contributed by atoms with Gasteiger partial charge >= 0.3 is 0 Å². The molecule has 42 heavy (non-hydrogen) atoms. The van der Waals surface area contributed by atoms with Crippen LogP contribution in [0.2, 0.25) is 0 Å². The lowest BCUT2D eigenvalue weighted by atomic mass is 10.1. The van der Waals surface area contributed by atoms with Crippen LogP contribution in [-0.2, 0) is 18.9 Å². The van der Waals surface area contributed by atoms with Gasteiger partial charge in [0.15, 0.2) is 0 Å². The second kappa shape index (κ2) is 30.2. The van der Waals surface area contributed by atoms with E-state index in [1.165, 1.54) is 28.3 Å². The van der Waals surface area contributed by atoms with Crippen LogP contribution in [-0.4, -0.2) is 131 Å². The van der Waals surface area contributed by atoms with E-state index in [0.29, 0.717) is 33.2 Å². The Morgan fingerprint density at radius 3 is 1.10 bits per heavy atom. The van der Waals surface area contributed by atoms with E-state index in [2.05, 4.69) is 35.5 Å². The Morgan fingerprint density at radius 2 is 0.810 bits per heavy atom. The van der Waals surface area contributed by atoms with Gasteiger partial charge in [-0.3, -0.25) is 0 Å². The summed E-state index contributed by atoms with van der Waals surface area (Å²) in [4.78, 5) is 0. The molecule has 260 valence electrons. The van der Waals surface area contributed by atoms with Crippen molar-refractivity contribution < 1.29 is 54.1 Å². The lowest BCUT2D eigenvalue weighted by molar-refractivity contribution is -0.0918. The van der Waals surface area contributed by atoms with E-state index in [0.717, 1.165) is 26.6 Å². The van der Waals surface area contributed by atoms with Crippen molar-refractivity contribution in [1.29, 1.82) is 0 Å². The number of methoxy groups -OCH3 is 4. The molecular weight excluding hydrogens is 584 g/mol. The molecule has 16 heteroatoms. The van der Waals surface area contributed by atoms with Crippen LogP contribution >= 0.6 is 0 Å². The highest BCUT2D eigenvalue weighted by Crippen LogP contribution is 2.30. The van der Waals surface area contributed by atoms with Gasteiger partial charge < -0.3 is 40.2 Å². The van der Waals surface area contributed by atoms with Gasteiger partial charge in [-0.1, -0.05) is 33.5 Å². The van der Waals surface area contributed by atoms with Gasteiger partial charge in [-0.2, -0.15) is 6.54 Å². The Kier molecular flexibility index (Phi) is 34.5. The summed E-state index contributed by atoms with van der Waals surface area (Å²) in [5.41, 5.74) is 0. The molecule has 0 spiro atoms. The van der Waals surface area contributed by atoms with Gasteiger partial charge in [0.1, 0.15) is 0 Å². The van der Waals surface area contributed by atoms with Crippen molar-refractivity contribution in [2.75, 3.05) is 107 Å². The van der Waals surface area contributed by atoms with Crippen LogP contribution < -0.4 is 0 Å². The minimum atomic E-state index is -3.44. The highest BCUT2D eigenvalue weighted by Gasteiger charge is 2.36. The molecule has 0 aromatic heterocycles. The molecule has 0 aliphatic heterocycles. The Labute approximate surface area is 247 Å². The fourth-order valence-electron chi connectivity index (χ4n) is 2.16. The first kappa shape index (κ1) is 48.0. The molecule has 0 unspecified atom stereocenters. The molecule has 0 aliphatic carbocycles. The lowest BCUT2D eigenvalue weighted by Crippen LogP contribution is -2.30. The maximum absolute atomic E-state index is 12.7. The summed E-state index contributed by atoms with van der Waals surface area (Å²) in [5, 5.41) is 14.6. The smallest absolute Gasteiger partial charge is 0.251 e. The molecule has 0 fully saturated rings. The molecule has 0 aromatic rings. The van der Waals surface area contributed by atoms with Crippen LogP contribution in [0.1, 0.15) is 40.5 Å². The van der Waals surface area contributed by atoms with Gasteiger partial charge in [0.25, 0.3) is 5.92 Å². The Bertz CT molecular complexity index is 541. The van der Waals surface area contributed by atoms with E-state index >= 15 is 0 Å². The number of likely N-dealkylation sites (N-methyl/N-ethyl adjacent to an activating group) is 1. The molecule has 0 atom stereocenters. The van der Waals surface area contributed by atoms with Crippen LogP contribution in [0, 0.1) is 0 Å². The normalized spacial score (nSPS) is 12.0. The van der Waals surface area contributed by atoms with E-state index in [-0.39, 0.29) is 26.1 Å². The third-order valence-corrected chi connectivity index (χ3v) is 4.20. The fourth-order valence-corrected chi connectivity index (χ4v) is 2.16. The van der Waals surface area contributed by atoms with Crippen molar-refractivity contribution in [2.24, 2.45) is 0 Å². The predicted molar refractivity (Wildman–Crippen MR) is 152 cm³/mol. The first-order valence-electron chi connectivity index (χ1n) is 13.4. The summed E-state index contributed by atoms with van der Waals surface area (Å²) >= 11 is 0. The lowest BCUT2D eigenvalue weighted by Gasteiger charge is -2.28. The van der Waals surface area contributed by atoms with Gasteiger partial charge in [0, 0.05) is 61.3 Å².